The lowest BCUT2D eigenvalue weighted by Gasteiger charge is -2.41. The Morgan fingerprint density at radius 1 is 0.294 bits per heavy atom. The molecule has 16 aromatic carbocycles. The standard InChI is InChI=1S/C112H91BN6/c1-109(2,3)70-44-53-96-86(58-70)87-59-71(110(4,5)6)45-54-97(87)115(96)76-51-52-92-101(65-76)117(75-49-42-68(43-50-75)67-28-15-13-16-29-67)108-104-85-39-27-38-84-82-36-22-20-34-80(82)79-33-19-21-35-81(79)83-37-24-26-41-95(83)118(106(84)85)102(104)66-103-105(108)113(92)93-64-77(116-98-55-46-72(111(7,8)9)60-88(98)89-61-73(112(10,11)12)47-56-99(89)116)63-91-90-62-74(48-57-100(90)119(103)107(91)93)114-94-40-25-23-32-78(94)69-30-17-14-18-31-69/h13-66,114H,1-12H3/i14D,17D,18D,23D,25D,30D,32D,40D. The zero-order valence-corrected chi connectivity index (χ0v) is 68.9. The van der Waals surface area contributed by atoms with Crippen LogP contribution < -0.4 is 26.6 Å². The Labute approximate surface area is 705 Å². The first kappa shape index (κ1) is 62.6. The van der Waals surface area contributed by atoms with Crippen LogP contribution in [-0.4, -0.2) is 24.8 Å². The molecule has 0 aliphatic carbocycles. The van der Waals surface area contributed by atoms with E-state index in [0.717, 1.165) is 176 Å². The average molecular weight is 1540 g/mol. The first-order valence-electron chi connectivity index (χ1n) is 45.7. The Bertz CT molecular complexity index is 8370. The van der Waals surface area contributed by atoms with Gasteiger partial charge in [-0.2, -0.15) is 0 Å². The van der Waals surface area contributed by atoms with Gasteiger partial charge in [0.05, 0.1) is 60.8 Å². The zero-order chi connectivity index (χ0) is 87.6. The Kier molecular flexibility index (Phi) is 13.4. The highest BCUT2D eigenvalue weighted by atomic mass is 15.2. The first-order chi connectivity index (χ1) is 60.9. The van der Waals surface area contributed by atoms with Gasteiger partial charge >= 0.3 is 0 Å². The van der Waals surface area contributed by atoms with Gasteiger partial charge in [-0.05, 0) is 220 Å². The van der Waals surface area contributed by atoms with Crippen molar-refractivity contribution in [3.05, 3.63) is 350 Å². The molecule has 0 unspecified atom stereocenters. The summed E-state index contributed by atoms with van der Waals surface area (Å²) in [5, 5.41) is 18.9. The summed E-state index contributed by atoms with van der Waals surface area (Å²) in [5.74, 6) is 0. The summed E-state index contributed by atoms with van der Waals surface area (Å²) >= 11 is 0. The monoisotopic (exact) mass is 1540 g/mol. The van der Waals surface area contributed by atoms with E-state index in [1.165, 1.54) is 39.1 Å². The van der Waals surface area contributed by atoms with Crippen molar-refractivity contribution in [1.82, 2.24) is 18.1 Å². The van der Waals surface area contributed by atoms with Gasteiger partial charge in [0, 0.05) is 105 Å². The highest BCUT2D eigenvalue weighted by Gasteiger charge is 2.45. The number of hydrogen-bond acceptors (Lipinski definition) is 2. The first-order valence-corrected chi connectivity index (χ1v) is 41.7. The van der Waals surface area contributed by atoms with Crippen molar-refractivity contribution in [3.8, 4) is 39.3 Å². The van der Waals surface area contributed by atoms with Crippen LogP contribution >= 0.6 is 0 Å². The number of para-hydroxylation sites is 3. The van der Waals surface area contributed by atoms with Crippen molar-refractivity contribution in [2.24, 2.45) is 0 Å². The van der Waals surface area contributed by atoms with Crippen LogP contribution in [0.1, 0.15) is 116 Å². The number of nitrogens with one attached hydrogen (secondary N) is 1. The molecule has 0 atom stereocenters. The maximum absolute atomic E-state index is 9.76. The second-order valence-corrected chi connectivity index (χ2v) is 37.2. The van der Waals surface area contributed by atoms with E-state index in [2.05, 4.69) is 378 Å². The van der Waals surface area contributed by atoms with Crippen LogP contribution in [-0.2, 0) is 21.7 Å². The van der Waals surface area contributed by atoms with Gasteiger partial charge in [0.1, 0.15) is 0 Å². The van der Waals surface area contributed by atoms with E-state index in [4.69, 9.17) is 5.48 Å². The van der Waals surface area contributed by atoms with Gasteiger partial charge in [-0.25, -0.2) is 0 Å². The molecule has 0 bridgehead atoms. The number of benzene rings is 16. The molecule has 0 radical (unpaired) electrons. The summed E-state index contributed by atoms with van der Waals surface area (Å²) in [6.07, 6.45) is 0. The molecule has 2 aliphatic heterocycles. The third kappa shape index (κ3) is 10.7. The van der Waals surface area contributed by atoms with Crippen LogP contribution in [0.15, 0.2) is 327 Å². The Hall–Kier alpha value is -13.6. The summed E-state index contributed by atoms with van der Waals surface area (Å²) in [6, 6.07) is 100. The van der Waals surface area contributed by atoms with E-state index < -0.39 is 43.0 Å². The number of rotatable bonds is 7. The second kappa shape index (κ2) is 25.4. The van der Waals surface area contributed by atoms with Gasteiger partial charge in [0.25, 0.3) is 6.71 Å². The van der Waals surface area contributed by atoms with E-state index in [9.17, 15) is 5.48 Å². The van der Waals surface area contributed by atoms with Crippen LogP contribution in [0.4, 0.5) is 28.4 Å². The Morgan fingerprint density at radius 2 is 0.790 bits per heavy atom. The number of hydrogen-bond donors (Lipinski definition) is 1. The van der Waals surface area contributed by atoms with E-state index in [1.54, 1.807) is 0 Å². The molecule has 1 N–H and O–H groups in total. The van der Waals surface area contributed by atoms with Gasteiger partial charge in [-0.3, -0.25) is 0 Å². The summed E-state index contributed by atoms with van der Waals surface area (Å²) in [5.41, 5.74) is 25.6. The fourth-order valence-corrected chi connectivity index (χ4v) is 20.1. The molecular formula is C112H91BN6. The van der Waals surface area contributed by atoms with Gasteiger partial charge in [-0.1, -0.05) is 289 Å². The van der Waals surface area contributed by atoms with E-state index >= 15 is 0 Å². The maximum Gasteiger partial charge on any atom is 0.252 e. The summed E-state index contributed by atoms with van der Waals surface area (Å²) < 4.78 is 83.5. The lowest BCUT2D eigenvalue weighted by molar-refractivity contribution is 0.590. The van der Waals surface area contributed by atoms with E-state index in [1.807, 2.05) is 6.07 Å². The van der Waals surface area contributed by atoms with E-state index in [0.29, 0.717) is 5.69 Å². The molecule has 21 aromatic rings. The molecular weight excluding hydrogens is 1440 g/mol. The molecule has 572 valence electrons. The summed E-state index contributed by atoms with van der Waals surface area (Å²) in [6.45, 7) is 27.1. The minimum Gasteiger partial charge on any atom is -0.355 e. The highest BCUT2D eigenvalue weighted by molar-refractivity contribution is 7.00. The van der Waals surface area contributed by atoms with Crippen LogP contribution in [0, 0.1) is 0 Å². The van der Waals surface area contributed by atoms with Gasteiger partial charge < -0.3 is 28.3 Å². The molecule has 23 rings (SSSR count). The SMILES string of the molecule is [2H]c1cc(-c2c([2H])c([2H])c([2H])c([2H])c2Nc2ccc3c(c2)c2cc(-n4c5ccc(C(C)(C)C)cc5c5cc(C(C)(C)C)ccc54)cc4c2n3-c2cc3c(c5c2B4c2ccc(-n4c6ccc(C(C)(C)C)cc6c6cc(C(C)(C)C)ccc64)cc2N5c2ccc(-c4ccccc4)cc2)c2cccc4c5ccccc5c5ccccc5c5ccccc5n3c42)c([2H])c([2H])c1[2H]. The molecule has 0 saturated heterocycles. The smallest absolute Gasteiger partial charge is 0.252 e. The summed E-state index contributed by atoms with van der Waals surface area (Å²) in [7, 11) is 0. The van der Waals surface area contributed by atoms with Crippen LogP contribution in [0.25, 0.3) is 164 Å². The molecule has 119 heavy (non-hydrogen) atoms. The predicted molar refractivity (Wildman–Crippen MR) is 511 cm³/mol. The molecule has 0 spiro atoms. The molecule has 0 amide bonds. The zero-order valence-electron chi connectivity index (χ0n) is 76.9. The van der Waals surface area contributed by atoms with Gasteiger partial charge in [-0.15, -0.1) is 0 Å². The minimum absolute atomic E-state index is 0.0255. The molecule has 5 aromatic heterocycles. The van der Waals surface area contributed by atoms with Crippen molar-refractivity contribution in [2.75, 3.05) is 10.2 Å². The van der Waals surface area contributed by atoms with E-state index in [-0.39, 0.29) is 50.6 Å². The summed E-state index contributed by atoms with van der Waals surface area (Å²) in [4.78, 5) is 2.62. The van der Waals surface area contributed by atoms with Gasteiger partial charge in [0.2, 0.25) is 0 Å². The van der Waals surface area contributed by atoms with Crippen LogP contribution in [0.5, 0.6) is 0 Å². The van der Waals surface area contributed by atoms with Gasteiger partial charge in [0.15, 0.2) is 0 Å². The highest BCUT2D eigenvalue weighted by Crippen LogP contribution is 2.52. The molecule has 6 nitrogen and oxygen atoms in total. The fourth-order valence-electron chi connectivity index (χ4n) is 20.1. The molecule has 7 heterocycles. The maximum atomic E-state index is 9.76. The number of nitrogens with zero attached hydrogens (tertiary/aromatic N) is 5. The lowest BCUT2D eigenvalue weighted by Crippen LogP contribution is -2.60. The average Bonchev–Trinajstić information content (AvgIpc) is 1.57. The van der Waals surface area contributed by atoms with Crippen molar-refractivity contribution in [2.45, 2.75) is 105 Å². The second-order valence-electron chi connectivity index (χ2n) is 37.2. The number of fused-ring (bicyclic) bond motifs is 24. The lowest BCUT2D eigenvalue weighted by atomic mass is 9.33. The molecule has 0 fully saturated rings. The topological polar surface area (TPSA) is 34.5 Å². The normalized spacial score (nSPS) is 14.1. The third-order valence-corrected chi connectivity index (χ3v) is 26.0. The minimum atomic E-state index is -0.527. The van der Waals surface area contributed by atoms with Crippen LogP contribution in [0.3, 0.4) is 0 Å². The van der Waals surface area contributed by atoms with Crippen LogP contribution in [0.2, 0.25) is 0 Å². The molecule has 7 heteroatoms. The van der Waals surface area contributed by atoms with Crippen molar-refractivity contribution in [3.63, 3.8) is 0 Å². The Balaban J connectivity index is 0.915. The van der Waals surface area contributed by atoms with Crippen molar-refractivity contribution in [1.29, 1.82) is 0 Å². The largest absolute Gasteiger partial charge is 0.355 e. The predicted octanol–water partition coefficient (Wildman–Crippen LogP) is 28.4. The molecule has 2 aliphatic rings. The van der Waals surface area contributed by atoms with Crippen molar-refractivity contribution < 1.29 is 11.0 Å². The van der Waals surface area contributed by atoms with Crippen molar-refractivity contribution >= 4 is 177 Å². The third-order valence-electron chi connectivity index (χ3n) is 26.0. The quantitative estimate of drug-likeness (QED) is 0.161. The molecule has 0 saturated carbocycles. The fraction of sp³-hybridized carbons (Fsp3) is 0.143. The number of aromatic nitrogens is 4. The number of anilines is 5. The Morgan fingerprint density at radius 3 is 1.40 bits per heavy atom.